The Hall–Kier alpha value is -3.08. The minimum absolute atomic E-state index is 0.311. The molecule has 0 saturated carbocycles. The van der Waals surface area contributed by atoms with Crippen LogP contribution in [0, 0.1) is 0 Å². The van der Waals surface area contributed by atoms with Crippen molar-refractivity contribution in [3.05, 3.63) is 98.4 Å². The van der Waals surface area contributed by atoms with Gasteiger partial charge in [-0.25, -0.2) is 23.5 Å². The zero-order chi connectivity index (χ0) is 18.4. The van der Waals surface area contributed by atoms with Crippen LogP contribution in [-0.2, 0) is 6.54 Å². The fraction of sp³-hybridized carbons (Fsp3) is 0.238. The van der Waals surface area contributed by atoms with Crippen LogP contribution >= 0.6 is 0 Å². The molecule has 4 rings (SSSR count). The van der Waals surface area contributed by atoms with Crippen LogP contribution in [0.2, 0.25) is 0 Å². The lowest BCUT2D eigenvalue weighted by Crippen LogP contribution is -2.37. The molecule has 0 spiro atoms. The summed E-state index contributed by atoms with van der Waals surface area (Å²) in [4.78, 5) is 26.3. The van der Waals surface area contributed by atoms with E-state index in [0.29, 0.717) is 12.2 Å². The Morgan fingerprint density at radius 2 is 1.88 bits per heavy atom. The molecule has 0 bridgehead atoms. The lowest BCUT2D eigenvalue weighted by atomic mass is 9.89. The Labute approximate surface area is 151 Å². The molecule has 5 nitrogen and oxygen atoms in total. The molecule has 1 aliphatic carbocycles. The Kier molecular flexibility index (Phi) is 3.80. The molecule has 0 saturated heterocycles. The molecular weight excluding hydrogens is 326 g/mol. The average molecular weight is 347 g/mol. The summed E-state index contributed by atoms with van der Waals surface area (Å²) in [7, 11) is 0. The quantitative estimate of drug-likeness (QED) is 0.856. The molecule has 1 unspecified atom stereocenters. The molecule has 1 aliphatic heterocycles. The maximum Gasteiger partial charge on any atom is 0.352 e. The molecule has 0 amide bonds. The van der Waals surface area contributed by atoms with Crippen LogP contribution in [0.4, 0.5) is 0 Å². The third-order valence-electron chi connectivity index (χ3n) is 5.01. The maximum absolute atomic E-state index is 13.3. The van der Waals surface area contributed by atoms with Crippen molar-refractivity contribution in [2.75, 3.05) is 0 Å². The van der Waals surface area contributed by atoms with Crippen LogP contribution in [0.3, 0.4) is 0 Å². The molecule has 2 aliphatic rings. The Morgan fingerprint density at radius 3 is 2.50 bits per heavy atom. The van der Waals surface area contributed by atoms with E-state index in [1.54, 1.807) is 21.5 Å². The molecule has 1 aromatic heterocycles. The monoisotopic (exact) mass is 347 g/mol. The van der Waals surface area contributed by atoms with Crippen molar-refractivity contribution < 1.29 is 0 Å². The second-order valence-corrected chi connectivity index (χ2v) is 6.86. The zero-order valence-electron chi connectivity index (χ0n) is 15.0. The minimum Gasteiger partial charge on any atom is -0.245 e. The van der Waals surface area contributed by atoms with Gasteiger partial charge < -0.3 is 0 Å². The predicted molar refractivity (Wildman–Crippen MR) is 103 cm³/mol. The predicted octanol–water partition coefficient (Wildman–Crippen LogP) is 3.13. The van der Waals surface area contributed by atoms with Gasteiger partial charge in [0, 0.05) is 0 Å². The van der Waals surface area contributed by atoms with Crippen LogP contribution in [-0.4, -0.2) is 13.9 Å². The highest BCUT2D eigenvalue weighted by Crippen LogP contribution is 2.37. The molecule has 2 aromatic rings. The fourth-order valence-electron chi connectivity index (χ4n) is 3.94. The molecule has 1 aromatic carbocycles. The average Bonchev–Trinajstić information content (AvgIpc) is 3.22. The first-order valence-electron chi connectivity index (χ1n) is 8.72. The lowest BCUT2D eigenvalue weighted by Gasteiger charge is -2.30. The fourth-order valence-corrected chi connectivity index (χ4v) is 3.94. The first-order chi connectivity index (χ1) is 12.5. The van der Waals surface area contributed by atoms with Gasteiger partial charge in [0.2, 0.25) is 0 Å². The number of fused-ring (bicyclic) bond motifs is 1. The molecule has 26 heavy (non-hydrogen) atoms. The highest BCUT2D eigenvalue weighted by atomic mass is 16.2. The number of hydrogen-bond donors (Lipinski definition) is 0. The van der Waals surface area contributed by atoms with E-state index in [9.17, 15) is 9.59 Å². The highest BCUT2D eigenvalue weighted by molar-refractivity contribution is 5.46. The number of aromatic nitrogens is 3. The topological polar surface area (TPSA) is 48.9 Å². The van der Waals surface area contributed by atoms with Crippen LogP contribution in [0.1, 0.15) is 26.3 Å². The normalized spacial score (nSPS) is 18.8. The van der Waals surface area contributed by atoms with Gasteiger partial charge in [-0.15, -0.1) is 0 Å². The third kappa shape index (κ3) is 2.31. The summed E-state index contributed by atoms with van der Waals surface area (Å²) in [5.74, 6) is 0. The van der Waals surface area contributed by atoms with E-state index in [-0.39, 0.29) is 17.4 Å². The molecule has 0 radical (unpaired) electrons. The van der Waals surface area contributed by atoms with Crippen LogP contribution in [0.5, 0.6) is 0 Å². The van der Waals surface area contributed by atoms with E-state index < -0.39 is 0 Å². The number of allylic oxidation sites excluding steroid dienone is 7. The summed E-state index contributed by atoms with van der Waals surface area (Å²) in [5.41, 5.74) is 4.01. The summed E-state index contributed by atoms with van der Waals surface area (Å²) >= 11 is 0. The number of nitrogens with zero attached hydrogens (tertiary/aromatic N) is 3. The van der Waals surface area contributed by atoms with Crippen molar-refractivity contribution in [3.8, 4) is 5.69 Å². The number of para-hydroxylation sites is 1. The van der Waals surface area contributed by atoms with E-state index in [2.05, 4.69) is 18.7 Å². The third-order valence-corrected chi connectivity index (χ3v) is 5.01. The van der Waals surface area contributed by atoms with Gasteiger partial charge in [-0.3, -0.25) is 0 Å². The van der Waals surface area contributed by atoms with Crippen molar-refractivity contribution >= 4 is 0 Å². The van der Waals surface area contributed by atoms with Gasteiger partial charge in [0.1, 0.15) is 6.04 Å². The molecule has 5 heteroatoms. The first-order valence-corrected chi connectivity index (χ1v) is 8.72. The second kappa shape index (κ2) is 6.02. The molecule has 0 N–H and O–H groups in total. The Balaban J connectivity index is 2.02. The van der Waals surface area contributed by atoms with E-state index in [1.807, 2.05) is 38.1 Å². The number of benzene rings is 1. The zero-order valence-corrected chi connectivity index (χ0v) is 15.0. The molecule has 0 fully saturated rings. The summed E-state index contributed by atoms with van der Waals surface area (Å²) in [5, 5.41) is 0. The maximum atomic E-state index is 13.3. The summed E-state index contributed by atoms with van der Waals surface area (Å²) in [6.45, 7) is 8.48. The van der Waals surface area contributed by atoms with Crippen LogP contribution in [0.15, 0.2) is 87.0 Å². The highest BCUT2D eigenvalue weighted by Gasteiger charge is 2.33. The van der Waals surface area contributed by atoms with Gasteiger partial charge in [0.05, 0.1) is 12.2 Å². The van der Waals surface area contributed by atoms with E-state index in [4.69, 9.17) is 0 Å². The van der Waals surface area contributed by atoms with Gasteiger partial charge in [0.25, 0.3) is 0 Å². The lowest BCUT2D eigenvalue weighted by molar-refractivity contribution is 0.412. The smallest absolute Gasteiger partial charge is 0.245 e. The largest absolute Gasteiger partial charge is 0.352 e. The van der Waals surface area contributed by atoms with E-state index in [1.165, 1.54) is 4.57 Å². The van der Waals surface area contributed by atoms with E-state index >= 15 is 0 Å². The minimum atomic E-state index is -0.321. The number of hydrogen-bond acceptors (Lipinski definition) is 2. The SMILES string of the molecule is C=C(C)C1=C(C)Cn2c(=O)n(-c3ccccc3)c(=O)n2C1C1=CCC=C1. The molecule has 1 atom stereocenters. The van der Waals surface area contributed by atoms with Crippen molar-refractivity contribution in [1.29, 1.82) is 0 Å². The van der Waals surface area contributed by atoms with Gasteiger partial charge >= 0.3 is 11.4 Å². The molecular formula is C21H21N3O2. The Bertz CT molecular complexity index is 1100. The van der Waals surface area contributed by atoms with E-state index in [0.717, 1.165) is 28.7 Å². The first kappa shape index (κ1) is 16.4. The summed E-state index contributed by atoms with van der Waals surface area (Å²) in [6.07, 6.45) is 7.05. The van der Waals surface area contributed by atoms with Gasteiger partial charge in [-0.05, 0) is 49.1 Å². The van der Waals surface area contributed by atoms with Gasteiger partial charge in [-0.2, -0.15) is 0 Å². The van der Waals surface area contributed by atoms with Crippen molar-refractivity contribution in [2.24, 2.45) is 0 Å². The molecule has 132 valence electrons. The van der Waals surface area contributed by atoms with Crippen molar-refractivity contribution in [3.63, 3.8) is 0 Å². The second-order valence-electron chi connectivity index (χ2n) is 6.86. The van der Waals surface area contributed by atoms with Crippen LogP contribution < -0.4 is 11.4 Å². The van der Waals surface area contributed by atoms with Gasteiger partial charge in [-0.1, -0.05) is 48.6 Å². The van der Waals surface area contributed by atoms with Crippen LogP contribution in [0.25, 0.3) is 5.69 Å². The van der Waals surface area contributed by atoms with Crippen molar-refractivity contribution in [1.82, 2.24) is 13.9 Å². The van der Waals surface area contributed by atoms with Crippen molar-refractivity contribution in [2.45, 2.75) is 32.9 Å². The Morgan fingerprint density at radius 1 is 1.15 bits per heavy atom. The molecule has 2 heterocycles. The van der Waals surface area contributed by atoms with Gasteiger partial charge in [0.15, 0.2) is 0 Å². The summed E-state index contributed by atoms with van der Waals surface area (Å²) < 4.78 is 4.39. The summed E-state index contributed by atoms with van der Waals surface area (Å²) in [6, 6.07) is 8.75. The number of rotatable bonds is 3. The standard InChI is InChI=1S/C21H21N3O2/c1-14(2)18-15(3)13-22-20(25)23(17-11-5-4-6-12-17)21(26)24(22)19(18)16-9-7-8-10-16/h4-7,9-12,19H,1,8,13H2,2-3H3.